The molecular weight excluding hydrogens is 729 g/mol. The number of amides is 1. The maximum absolute atomic E-state index is 14.1. The van der Waals surface area contributed by atoms with Gasteiger partial charge in [0.15, 0.2) is 10.6 Å². The fraction of sp³-hybridized carbons (Fsp3) is 0.182. The van der Waals surface area contributed by atoms with Crippen molar-refractivity contribution in [2.75, 3.05) is 13.1 Å². The van der Waals surface area contributed by atoms with Crippen LogP contribution in [0.5, 0.6) is 0 Å². The second-order valence-corrected chi connectivity index (χ2v) is 14.1. The monoisotopic (exact) mass is 753 g/mol. The van der Waals surface area contributed by atoms with Gasteiger partial charge in [0.05, 0.1) is 36.7 Å². The lowest BCUT2D eigenvalue weighted by Crippen LogP contribution is -2.43. The van der Waals surface area contributed by atoms with Crippen molar-refractivity contribution in [1.82, 2.24) is 24.6 Å². The van der Waals surface area contributed by atoms with Gasteiger partial charge in [-0.2, -0.15) is 0 Å². The summed E-state index contributed by atoms with van der Waals surface area (Å²) in [6.07, 6.45) is 1.59. The Morgan fingerprint density at radius 1 is 1.08 bits per heavy atom. The molecule has 0 saturated heterocycles. The highest BCUT2D eigenvalue weighted by atomic mass is 35.5. The highest BCUT2D eigenvalue weighted by molar-refractivity contribution is 7.99. The number of carbonyl (C=O) groups excluding carboxylic acids is 1. The van der Waals surface area contributed by atoms with Gasteiger partial charge >= 0.3 is 0 Å². The van der Waals surface area contributed by atoms with E-state index < -0.39 is 11.0 Å². The standard InChI is InChI=1S/C33H26Cl3N7O4S2/c1-4-41(5-2)31(45)27-17(3)37-33-42(28(27)19-7-9-20(34)10-8-19)30(44)26(49-33)15-18-6-13-25(24(14-18)43(46)47)48-32-38-29(39-40-32)22-12-11-21(35)16-23(22)36/h6-16,28H,4-5H2,1-3H3,(H,38,39,40)/b26-15-/t28-/m0/s1. The number of nitrogens with one attached hydrogen (secondary N) is 1. The third-order valence-electron chi connectivity index (χ3n) is 7.82. The molecule has 1 aliphatic heterocycles. The summed E-state index contributed by atoms with van der Waals surface area (Å²) in [5.74, 6) is 0.173. The molecule has 1 atom stereocenters. The number of rotatable bonds is 9. The third kappa shape index (κ3) is 6.94. The molecule has 49 heavy (non-hydrogen) atoms. The van der Waals surface area contributed by atoms with Gasteiger partial charge in [0.2, 0.25) is 5.16 Å². The maximum atomic E-state index is 14.1. The van der Waals surface area contributed by atoms with Gasteiger partial charge in [-0.05, 0) is 86.1 Å². The lowest BCUT2D eigenvalue weighted by atomic mass is 9.94. The third-order valence-corrected chi connectivity index (χ3v) is 10.5. The Balaban J connectivity index is 1.38. The summed E-state index contributed by atoms with van der Waals surface area (Å²) in [6.45, 7) is 6.53. The second-order valence-electron chi connectivity index (χ2n) is 10.8. The summed E-state index contributed by atoms with van der Waals surface area (Å²) >= 11 is 20.6. The number of allylic oxidation sites excluding steroid dienone is 1. The van der Waals surface area contributed by atoms with Crippen LogP contribution in [-0.2, 0) is 4.79 Å². The molecule has 1 amide bonds. The van der Waals surface area contributed by atoms with E-state index in [9.17, 15) is 19.7 Å². The van der Waals surface area contributed by atoms with Gasteiger partial charge in [-0.15, -0.1) is 5.10 Å². The van der Waals surface area contributed by atoms with E-state index in [1.807, 2.05) is 13.8 Å². The number of H-pyrrole nitrogens is 1. The van der Waals surface area contributed by atoms with Gasteiger partial charge in [0, 0.05) is 34.8 Å². The van der Waals surface area contributed by atoms with Crippen LogP contribution in [0.15, 0.2) is 91.8 Å². The minimum Gasteiger partial charge on any atom is -0.339 e. The van der Waals surface area contributed by atoms with E-state index in [-0.39, 0.29) is 22.3 Å². The van der Waals surface area contributed by atoms with Crippen molar-refractivity contribution in [2.45, 2.75) is 36.9 Å². The van der Waals surface area contributed by atoms with Crippen LogP contribution >= 0.6 is 57.9 Å². The van der Waals surface area contributed by atoms with E-state index in [2.05, 4.69) is 20.2 Å². The van der Waals surface area contributed by atoms with Crippen molar-refractivity contribution in [3.8, 4) is 11.4 Å². The Hall–Kier alpha value is -4.27. The van der Waals surface area contributed by atoms with Crippen LogP contribution in [0.4, 0.5) is 5.69 Å². The average Bonchev–Trinajstić information content (AvgIpc) is 3.65. The van der Waals surface area contributed by atoms with E-state index in [1.54, 1.807) is 72.5 Å². The number of halogens is 3. The second kappa shape index (κ2) is 14.3. The van der Waals surface area contributed by atoms with Gasteiger partial charge in [0.25, 0.3) is 17.2 Å². The molecule has 0 fully saturated rings. The Morgan fingerprint density at radius 2 is 1.80 bits per heavy atom. The summed E-state index contributed by atoms with van der Waals surface area (Å²) in [6, 6.07) is 15.9. The first-order valence-corrected chi connectivity index (χ1v) is 17.7. The molecule has 16 heteroatoms. The minimum atomic E-state index is -0.745. The average molecular weight is 755 g/mol. The number of benzene rings is 3. The zero-order valence-electron chi connectivity index (χ0n) is 26.1. The molecule has 1 aliphatic rings. The quantitative estimate of drug-likeness (QED) is 0.128. The molecule has 11 nitrogen and oxygen atoms in total. The van der Waals surface area contributed by atoms with E-state index in [1.165, 1.54) is 10.6 Å². The van der Waals surface area contributed by atoms with Crippen LogP contribution in [0, 0.1) is 10.1 Å². The number of aromatic amines is 1. The molecule has 0 radical (unpaired) electrons. The summed E-state index contributed by atoms with van der Waals surface area (Å²) in [4.78, 5) is 51.1. The number of nitrogens with zero attached hydrogens (tertiary/aromatic N) is 6. The van der Waals surface area contributed by atoms with E-state index in [0.717, 1.165) is 23.1 Å². The van der Waals surface area contributed by atoms with Crippen molar-refractivity contribution >= 4 is 75.6 Å². The Bertz CT molecular complexity index is 2330. The van der Waals surface area contributed by atoms with Crippen molar-refractivity contribution in [3.05, 3.63) is 128 Å². The first-order valence-electron chi connectivity index (χ1n) is 14.9. The summed E-state index contributed by atoms with van der Waals surface area (Å²) in [5.41, 5.74) is 2.05. The van der Waals surface area contributed by atoms with Crippen molar-refractivity contribution < 1.29 is 9.72 Å². The lowest BCUT2D eigenvalue weighted by molar-refractivity contribution is -0.387. The largest absolute Gasteiger partial charge is 0.339 e. The van der Waals surface area contributed by atoms with Crippen LogP contribution in [0.25, 0.3) is 17.5 Å². The van der Waals surface area contributed by atoms with Crippen molar-refractivity contribution in [2.24, 2.45) is 4.99 Å². The van der Waals surface area contributed by atoms with E-state index in [0.29, 0.717) is 76.2 Å². The van der Waals surface area contributed by atoms with Crippen LogP contribution in [0.3, 0.4) is 0 Å². The molecular formula is C33H26Cl3N7O4S2. The van der Waals surface area contributed by atoms with Gasteiger partial charge in [0.1, 0.15) is 0 Å². The van der Waals surface area contributed by atoms with Crippen LogP contribution < -0.4 is 14.9 Å². The predicted octanol–water partition coefficient (Wildman–Crippen LogP) is 6.91. The molecule has 0 aliphatic carbocycles. The molecule has 0 spiro atoms. The van der Waals surface area contributed by atoms with Gasteiger partial charge < -0.3 is 4.90 Å². The zero-order chi connectivity index (χ0) is 35.0. The summed E-state index contributed by atoms with van der Waals surface area (Å²) in [5, 5.41) is 20.8. The highest BCUT2D eigenvalue weighted by Gasteiger charge is 2.34. The van der Waals surface area contributed by atoms with Crippen molar-refractivity contribution in [3.63, 3.8) is 0 Å². The predicted molar refractivity (Wildman–Crippen MR) is 192 cm³/mol. The number of hydrogen-bond donors (Lipinski definition) is 1. The Labute approximate surface area is 302 Å². The molecule has 3 heterocycles. The van der Waals surface area contributed by atoms with Crippen LogP contribution in [0.1, 0.15) is 37.9 Å². The Morgan fingerprint density at radius 3 is 2.47 bits per heavy atom. The molecule has 0 unspecified atom stereocenters. The van der Waals surface area contributed by atoms with Crippen LogP contribution in [-0.4, -0.2) is 48.6 Å². The number of likely N-dealkylation sites (N-methyl/N-ethyl adjacent to an activating group) is 1. The Kier molecular flexibility index (Phi) is 10.1. The van der Waals surface area contributed by atoms with Gasteiger partial charge in [-0.25, -0.2) is 9.98 Å². The van der Waals surface area contributed by atoms with Crippen molar-refractivity contribution in [1.29, 1.82) is 0 Å². The molecule has 5 aromatic rings. The first kappa shape index (κ1) is 34.6. The summed E-state index contributed by atoms with van der Waals surface area (Å²) in [7, 11) is 0. The van der Waals surface area contributed by atoms with E-state index >= 15 is 0 Å². The van der Waals surface area contributed by atoms with Crippen LogP contribution in [0.2, 0.25) is 15.1 Å². The molecule has 6 rings (SSSR count). The maximum Gasteiger partial charge on any atom is 0.283 e. The molecule has 3 aromatic carbocycles. The number of hydrogen-bond acceptors (Lipinski definition) is 9. The fourth-order valence-electron chi connectivity index (χ4n) is 5.43. The number of thiazole rings is 1. The number of nitro groups is 1. The fourth-order valence-corrected chi connectivity index (χ4v) is 7.90. The van der Waals surface area contributed by atoms with Gasteiger partial charge in [-0.3, -0.25) is 29.4 Å². The minimum absolute atomic E-state index is 0.190. The lowest BCUT2D eigenvalue weighted by Gasteiger charge is -2.29. The normalized spacial score (nSPS) is 14.5. The van der Waals surface area contributed by atoms with E-state index in [4.69, 9.17) is 34.8 Å². The first-order chi connectivity index (χ1) is 23.5. The topological polar surface area (TPSA) is 139 Å². The smallest absolute Gasteiger partial charge is 0.283 e. The number of carbonyl (C=O) groups is 1. The molecule has 2 aromatic heterocycles. The summed E-state index contributed by atoms with van der Waals surface area (Å²) < 4.78 is 1.81. The SMILES string of the molecule is CCN(CC)C(=O)C1=C(C)N=c2s/c(=C\c3ccc(Sc4n[nH]c(-c5ccc(Cl)cc5Cl)n4)c([N+](=O)[O-])c3)c(=O)n2[C@H]1c1ccc(Cl)cc1. The number of fused-ring (bicyclic) bond motifs is 1. The molecule has 0 bridgehead atoms. The zero-order valence-corrected chi connectivity index (χ0v) is 30.0. The number of nitro benzene ring substituents is 1. The molecule has 0 saturated carbocycles. The number of aromatic nitrogens is 4. The molecule has 250 valence electrons. The molecule has 1 N–H and O–H groups in total. The van der Waals surface area contributed by atoms with Gasteiger partial charge in [-0.1, -0.05) is 64.3 Å². The highest BCUT2D eigenvalue weighted by Crippen LogP contribution is 2.36.